The van der Waals surface area contributed by atoms with Crippen LogP contribution < -0.4 is 16.3 Å². The lowest BCUT2D eigenvalue weighted by Gasteiger charge is -2.12. The van der Waals surface area contributed by atoms with Crippen LogP contribution in [-0.4, -0.2) is 17.8 Å². The molecule has 1 aromatic heterocycles. The fourth-order valence-corrected chi connectivity index (χ4v) is 3.60. The summed E-state index contributed by atoms with van der Waals surface area (Å²) in [5, 5.41) is 5.95. The number of ether oxygens (including phenoxy) is 1. The number of carbonyl (C=O) groups is 3. The Labute approximate surface area is 200 Å². The Morgan fingerprint density at radius 2 is 1.63 bits per heavy atom. The number of nitrogens with one attached hydrogen (secondary N) is 2. The van der Waals surface area contributed by atoms with Crippen molar-refractivity contribution < 1.29 is 23.5 Å². The second-order valence-corrected chi connectivity index (χ2v) is 7.82. The fraction of sp³-hybridized carbons (Fsp3) is 0.111. The smallest absolute Gasteiger partial charge is 0.340 e. The van der Waals surface area contributed by atoms with Crippen LogP contribution in [0.25, 0.3) is 11.0 Å². The lowest BCUT2D eigenvalue weighted by Crippen LogP contribution is -2.17. The summed E-state index contributed by atoms with van der Waals surface area (Å²) in [5.41, 5.74) is 1.93. The van der Waals surface area contributed by atoms with Crippen molar-refractivity contribution in [2.45, 2.75) is 20.0 Å². The van der Waals surface area contributed by atoms with E-state index in [4.69, 9.17) is 9.15 Å². The number of rotatable bonds is 7. The number of esters is 1. The van der Waals surface area contributed by atoms with E-state index in [-0.39, 0.29) is 36.0 Å². The number of anilines is 2. The van der Waals surface area contributed by atoms with Gasteiger partial charge in [0.1, 0.15) is 12.2 Å². The Morgan fingerprint density at radius 1 is 0.886 bits per heavy atom. The zero-order valence-corrected chi connectivity index (χ0v) is 18.9. The summed E-state index contributed by atoms with van der Waals surface area (Å²) in [7, 11) is 0. The zero-order valence-electron chi connectivity index (χ0n) is 18.9. The van der Waals surface area contributed by atoms with Crippen molar-refractivity contribution >= 4 is 40.1 Å². The Bertz CT molecular complexity index is 1460. The number of amides is 2. The van der Waals surface area contributed by atoms with E-state index in [1.165, 1.54) is 19.1 Å². The standard InChI is InChI=1S/C27H22N2O6/c1-17(30)28-20-11-12-21-19(14-26(32)35-24(21)15-20)16-34-27(33)22-9-5-6-10-23(22)29-25(31)13-18-7-3-2-4-8-18/h2-12,14-15H,13,16H2,1H3,(H,28,30)(H,29,31). The second kappa shape index (κ2) is 10.5. The molecule has 0 bridgehead atoms. The monoisotopic (exact) mass is 470 g/mol. The molecule has 4 aromatic rings. The van der Waals surface area contributed by atoms with E-state index in [1.54, 1.807) is 36.4 Å². The van der Waals surface area contributed by atoms with E-state index in [0.29, 0.717) is 22.3 Å². The predicted octanol–water partition coefficient (Wildman–Crippen LogP) is 4.29. The number of hydrogen-bond acceptors (Lipinski definition) is 6. The minimum atomic E-state index is -0.656. The van der Waals surface area contributed by atoms with Crippen molar-refractivity contribution in [1.29, 1.82) is 0 Å². The van der Waals surface area contributed by atoms with Gasteiger partial charge in [-0.3, -0.25) is 9.59 Å². The summed E-state index contributed by atoms with van der Waals surface area (Å²) in [6, 6.07) is 21.9. The molecule has 8 nitrogen and oxygen atoms in total. The molecular weight excluding hydrogens is 448 g/mol. The average molecular weight is 470 g/mol. The summed E-state index contributed by atoms with van der Waals surface area (Å²) in [5.74, 6) is -1.18. The van der Waals surface area contributed by atoms with Gasteiger partial charge < -0.3 is 19.8 Å². The van der Waals surface area contributed by atoms with E-state index in [9.17, 15) is 19.2 Å². The maximum atomic E-state index is 12.9. The summed E-state index contributed by atoms with van der Waals surface area (Å²) in [6.45, 7) is 1.19. The molecule has 0 aliphatic carbocycles. The van der Waals surface area contributed by atoms with Gasteiger partial charge in [-0.15, -0.1) is 0 Å². The summed E-state index contributed by atoms with van der Waals surface area (Å²) < 4.78 is 10.7. The summed E-state index contributed by atoms with van der Waals surface area (Å²) in [6.07, 6.45) is 0.163. The van der Waals surface area contributed by atoms with Gasteiger partial charge in [0.2, 0.25) is 11.8 Å². The van der Waals surface area contributed by atoms with Crippen LogP contribution in [0.15, 0.2) is 88.1 Å². The van der Waals surface area contributed by atoms with E-state index in [1.807, 2.05) is 30.3 Å². The maximum Gasteiger partial charge on any atom is 0.340 e. The van der Waals surface area contributed by atoms with Crippen molar-refractivity contribution in [2.24, 2.45) is 0 Å². The van der Waals surface area contributed by atoms with E-state index in [2.05, 4.69) is 10.6 Å². The third-order valence-corrected chi connectivity index (χ3v) is 5.14. The molecule has 0 spiro atoms. The first-order valence-electron chi connectivity index (χ1n) is 10.8. The number of para-hydroxylation sites is 1. The van der Waals surface area contributed by atoms with Gasteiger partial charge in [0.05, 0.1) is 17.7 Å². The normalized spacial score (nSPS) is 10.5. The Morgan fingerprint density at radius 3 is 2.40 bits per heavy atom. The molecule has 3 aromatic carbocycles. The molecule has 0 aliphatic rings. The van der Waals surface area contributed by atoms with Crippen molar-refractivity contribution in [1.82, 2.24) is 0 Å². The highest BCUT2D eigenvalue weighted by Crippen LogP contribution is 2.23. The first kappa shape index (κ1) is 23.4. The maximum absolute atomic E-state index is 12.9. The summed E-state index contributed by atoms with van der Waals surface area (Å²) >= 11 is 0. The van der Waals surface area contributed by atoms with E-state index < -0.39 is 11.6 Å². The second-order valence-electron chi connectivity index (χ2n) is 7.82. The Balaban J connectivity index is 1.49. The highest BCUT2D eigenvalue weighted by atomic mass is 16.5. The van der Waals surface area contributed by atoms with Gasteiger partial charge in [-0.1, -0.05) is 42.5 Å². The number of fused-ring (bicyclic) bond motifs is 1. The molecule has 4 rings (SSSR count). The minimum Gasteiger partial charge on any atom is -0.457 e. The number of carbonyl (C=O) groups excluding carboxylic acids is 3. The molecule has 2 N–H and O–H groups in total. The lowest BCUT2D eigenvalue weighted by atomic mass is 10.1. The van der Waals surface area contributed by atoms with Crippen LogP contribution in [0.5, 0.6) is 0 Å². The van der Waals surface area contributed by atoms with Crippen molar-refractivity contribution in [3.05, 3.63) is 106 Å². The molecule has 0 saturated heterocycles. The first-order valence-corrected chi connectivity index (χ1v) is 10.8. The number of benzene rings is 3. The number of hydrogen-bond donors (Lipinski definition) is 2. The van der Waals surface area contributed by atoms with Gasteiger partial charge in [-0.25, -0.2) is 9.59 Å². The third-order valence-electron chi connectivity index (χ3n) is 5.14. The highest BCUT2D eigenvalue weighted by Gasteiger charge is 2.16. The molecule has 176 valence electrons. The lowest BCUT2D eigenvalue weighted by molar-refractivity contribution is -0.116. The van der Waals surface area contributed by atoms with Gasteiger partial charge >= 0.3 is 11.6 Å². The van der Waals surface area contributed by atoms with Crippen LogP contribution in [0.1, 0.15) is 28.4 Å². The third kappa shape index (κ3) is 6.00. The molecule has 35 heavy (non-hydrogen) atoms. The van der Waals surface area contributed by atoms with Crippen molar-refractivity contribution in [3.8, 4) is 0 Å². The van der Waals surface area contributed by atoms with Crippen molar-refractivity contribution in [3.63, 3.8) is 0 Å². The topological polar surface area (TPSA) is 115 Å². The SMILES string of the molecule is CC(=O)Nc1ccc2c(COC(=O)c3ccccc3NC(=O)Cc3ccccc3)cc(=O)oc2c1. The molecule has 8 heteroatoms. The van der Waals surface area contributed by atoms with Crippen LogP contribution in [-0.2, 0) is 27.4 Å². The molecule has 0 aliphatic heterocycles. The predicted molar refractivity (Wildman–Crippen MR) is 131 cm³/mol. The van der Waals surface area contributed by atoms with Crippen LogP contribution in [0, 0.1) is 0 Å². The van der Waals surface area contributed by atoms with Gasteiger partial charge in [0, 0.05) is 35.7 Å². The molecule has 1 heterocycles. The first-order chi connectivity index (χ1) is 16.9. The fourth-order valence-electron chi connectivity index (χ4n) is 3.60. The average Bonchev–Trinajstić information content (AvgIpc) is 2.82. The summed E-state index contributed by atoms with van der Waals surface area (Å²) in [4.78, 5) is 48.7. The molecule has 0 radical (unpaired) electrons. The quantitative estimate of drug-likeness (QED) is 0.308. The zero-order chi connectivity index (χ0) is 24.8. The molecule has 0 fully saturated rings. The minimum absolute atomic E-state index is 0.163. The molecular formula is C27H22N2O6. The van der Waals surface area contributed by atoms with Crippen LogP contribution in [0.3, 0.4) is 0 Å². The van der Waals surface area contributed by atoms with Crippen molar-refractivity contribution in [2.75, 3.05) is 10.6 Å². The highest BCUT2D eigenvalue weighted by molar-refractivity contribution is 6.01. The van der Waals surface area contributed by atoms with Crippen LogP contribution in [0.2, 0.25) is 0 Å². The van der Waals surface area contributed by atoms with Gasteiger partial charge in [-0.05, 0) is 29.8 Å². The van der Waals surface area contributed by atoms with Gasteiger partial charge in [-0.2, -0.15) is 0 Å². The van der Waals surface area contributed by atoms with Gasteiger partial charge in [0.25, 0.3) is 0 Å². The Hall–Kier alpha value is -4.72. The van der Waals surface area contributed by atoms with Gasteiger partial charge in [0.15, 0.2) is 0 Å². The molecule has 0 unspecified atom stereocenters. The molecule has 0 saturated carbocycles. The molecule has 2 amide bonds. The van der Waals surface area contributed by atoms with E-state index >= 15 is 0 Å². The van der Waals surface area contributed by atoms with Crippen LogP contribution >= 0.6 is 0 Å². The largest absolute Gasteiger partial charge is 0.457 e. The van der Waals surface area contributed by atoms with Crippen LogP contribution in [0.4, 0.5) is 11.4 Å². The molecule has 0 atom stereocenters. The Kier molecular flexibility index (Phi) is 7.02. The van der Waals surface area contributed by atoms with E-state index in [0.717, 1.165) is 5.56 Å².